The first-order chi connectivity index (χ1) is 12.9. The van der Waals surface area contributed by atoms with E-state index < -0.39 is 5.41 Å². The van der Waals surface area contributed by atoms with Gasteiger partial charge in [-0.1, -0.05) is 43.7 Å². The zero-order valence-electron chi connectivity index (χ0n) is 15.9. The van der Waals surface area contributed by atoms with Crippen LogP contribution in [0.15, 0.2) is 48.5 Å². The smallest absolute Gasteiger partial charge is 0.237 e. The Labute approximate surface area is 159 Å². The SMILES string of the molecule is Cc1ccc(NC(=O)C23CCC(c4nc5ccccc5nc42)C3(C)C)cc1. The Bertz CT molecular complexity index is 1070. The summed E-state index contributed by atoms with van der Waals surface area (Å²) in [6.07, 6.45) is 1.80. The number of hydrogen-bond donors (Lipinski definition) is 1. The van der Waals surface area contributed by atoms with E-state index in [2.05, 4.69) is 19.2 Å². The Morgan fingerprint density at radius 1 is 1.04 bits per heavy atom. The van der Waals surface area contributed by atoms with Crippen molar-refractivity contribution in [1.29, 1.82) is 0 Å². The average molecular weight is 357 g/mol. The highest BCUT2D eigenvalue weighted by molar-refractivity contribution is 6.01. The van der Waals surface area contributed by atoms with Crippen molar-refractivity contribution in [2.45, 2.75) is 44.9 Å². The maximum Gasteiger partial charge on any atom is 0.237 e. The molecule has 2 unspecified atom stereocenters. The number of carbonyl (C=O) groups excluding carboxylic acids is 1. The molecule has 27 heavy (non-hydrogen) atoms. The van der Waals surface area contributed by atoms with Gasteiger partial charge in [0.1, 0.15) is 0 Å². The monoisotopic (exact) mass is 357 g/mol. The molecule has 2 atom stereocenters. The number of aromatic nitrogens is 2. The van der Waals surface area contributed by atoms with Gasteiger partial charge < -0.3 is 5.32 Å². The van der Waals surface area contributed by atoms with Crippen molar-refractivity contribution in [2.75, 3.05) is 5.32 Å². The Balaban J connectivity index is 1.65. The van der Waals surface area contributed by atoms with Gasteiger partial charge in [0.25, 0.3) is 0 Å². The van der Waals surface area contributed by atoms with Crippen LogP contribution < -0.4 is 5.32 Å². The number of anilines is 1. The van der Waals surface area contributed by atoms with Gasteiger partial charge in [-0.3, -0.25) is 4.79 Å². The van der Waals surface area contributed by atoms with Gasteiger partial charge in [-0.05, 0) is 49.4 Å². The molecule has 1 saturated carbocycles. The summed E-state index contributed by atoms with van der Waals surface area (Å²) in [5.74, 6) is 0.315. The van der Waals surface area contributed by atoms with Crippen LogP contribution >= 0.6 is 0 Å². The molecule has 2 aliphatic rings. The van der Waals surface area contributed by atoms with Crippen LogP contribution in [0.1, 0.15) is 49.6 Å². The molecule has 136 valence electrons. The molecular formula is C23H23N3O. The third-order valence-electron chi connectivity index (χ3n) is 6.81. The summed E-state index contributed by atoms with van der Waals surface area (Å²) in [6, 6.07) is 15.9. The third-order valence-corrected chi connectivity index (χ3v) is 6.81. The van der Waals surface area contributed by atoms with Gasteiger partial charge in [0.2, 0.25) is 5.91 Å². The first-order valence-electron chi connectivity index (χ1n) is 9.59. The maximum atomic E-state index is 13.6. The van der Waals surface area contributed by atoms with E-state index in [4.69, 9.17) is 9.97 Å². The van der Waals surface area contributed by atoms with Gasteiger partial charge in [-0.15, -0.1) is 0 Å². The molecule has 2 bridgehead atoms. The number of rotatable bonds is 2. The predicted molar refractivity (Wildman–Crippen MR) is 107 cm³/mol. The number of nitrogens with zero attached hydrogens (tertiary/aromatic N) is 2. The molecule has 4 heteroatoms. The lowest BCUT2D eigenvalue weighted by molar-refractivity contribution is -0.124. The molecule has 1 aromatic heterocycles. The zero-order valence-corrected chi connectivity index (χ0v) is 15.9. The van der Waals surface area contributed by atoms with E-state index in [0.717, 1.165) is 41.0 Å². The van der Waals surface area contributed by atoms with Gasteiger partial charge in [-0.25, -0.2) is 9.97 Å². The number of nitrogens with one attached hydrogen (secondary N) is 1. The second kappa shape index (κ2) is 5.38. The largest absolute Gasteiger partial charge is 0.325 e. The highest BCUT2D eigenvalue weighted by Gasteiger charge is 2.67. The Hall–Kier alpha value is -2.75. The normalized spacial score (nSPS) is 24.8. The quantitative estimate of drug-likeness (QED) is 0.721. The minimum Gasteiger partial charge on any atom is -0.325 e. The fourth-order valence-corrected chi connectivity index (χ4v) is 5.20. The molecule has 2 aliphatic carbocycles. The summed E-state index contributed by atoms with van der Waals surface area (Å²) >= 11 is 0. The molecule has 2 aromatic carbocycles. The summed E-state index contributed by atoms with van der Waals surface area (Å²) in [7, 11) is 0. The number of aryl methyl sites for hydroxylation is 1. The first kappa shape index (κ1) is 16.4. The van der Waals surface area contributed by atoms with E-state index in [9.17, 15) is 4.79 Å². The van der Waals surface area contributed by atoms with E-state index >= 15 is 0 Å². The number of benzene rings is 2. The van der Waals surface area contributed by atoms with E-state index in [1.54, 1.807) is 0 Å². The molecule has 4 nitrogen and oxygen atoms in total. The van der Waals surface area contributed by atoms with E-state index in [-0.39, 0.29) is 17.2 Å². The molecular weight excluding hydrogens is 334 g/mol. The number of hydrogen-bond acceptors (Lipinski definition) is 3. The van der Waals surface area contributed by atoms with Gasteiger partial charge in [0, 0.05) is 11.6 Å². The Kier molecular flexibility index (Phi) is 3.27. The second-order valence-electron chi connectivity index (χ2n) is 8.48. The molecule has 1 fully saturated rings. The standard InChI is InChI=1S/C23H23N3O/c1-14-8-10-15(11-9-14)24-21(27)23-13-12-16(22(23,2)3)19-20(23)26-18-7-5-4-6-17(18)25-19/h4-11,16H,12-13H2,1-3H3,(H,24,27). The fourth-order valence-electron chi connectivity index (χ4n) is 5.20. The van der Waals surface area contributed by atoms with Crippen molar-refractivity contribution in [3.8, 4) is 0 Å². The molecule has 1 amide bonds. The topological polar surface area (TPSA) is 54.9 Å². The predicted octanol–water partition coefficient (Wildman–Crippen LogP) is 4.73. The minimum atomic E-state index is -0.630. The van der Waals surface area contributed by atoms with Crippen LogP contribution in [-0.4, -0.2) is 15.9 Å². The molecule has 5 rings (SSSR count). The average Bonchev–Trinajstić information content (AvgIpc) is 3.03. The molecule has 0 radical (unpaired) electrons. The van der Waals surface area contributed by atoms with Gasteiger partial charge in [-0.2, -0.15) is 0 Å². The molecule has 0 spiro atoms. The number of para-hydroxylation sites is 2. The summed E-state index contributed by atoms with van der Waals surface area (Å²) in [5.41, 5.74) is 4.85. The lowest BCUT2D eigenvalue weighted by Gasteiger charge is -2.36. The highest BCUT2D eigenvalue weighted by Crippen LogP contribution is 2.67. The summed E-state index contributed by atoms with van der Waals surface area (Å²) in [5, 5.41) is 3.17. The van der Waals surface area contributed by atoms with E-state index in [1.165, 1.54) is 5.56 Å². The first-order valence-corrected chi connectivity index (χ1v) is 9.59. The molecule has 0 aliphatic heterocycles. The molecule has 1 heterocycles. The summed E-state index contributed by atoms with van der Waals surface area (Å²) in [4.78, 5) is 23.5. The van der Waals surface area contributed by atoms with Crippen LogP contribution in [0.5, 0.6) is 0 Å². The van der Waals surface area contributed by atoms with E-state index in [0.29, 0.717) is 0 Å². The van der Waals surface area contributed by atoms with Crippen molar-refractivity contribution in [3.63, 3.8) is 0 Å². The molecule has 3 aromatic rings. The number of amides is 1. The lowest BCUT2D eigenvalue weighted by Crippen LogP contribution is -2.46. The van der Waals surface area contributed by atoms with Crippen molar-refractivity contribution in [2.24, 2.45) is 5.41 Å². The van der Waals surface area contributed by atoms with Crippen LogP contribution in [-0.2, 0) is 10.2 Å². The van der Waals surface area contributed by atoms with Crippen molar-refractivity contribution < 1.29 is 4.79 Å². The van der Waals surface area contributed by atoms with Crippen LogP contribution in [0.2, 0.25) is 0 Å². The molecule has 0 saturated heterocycles. The van der Waals surface area contributed by atoms with Crippen LogP contribution in [0.3, 0.4) is 0 Å². The zero-order chi connectivity index (χ0) is 18.8. The summed E-state index contributed by atoms with van der Waals surface area (Å²) in [6.45, 7) is 6.45. The van der Waals surface area contributed by atoms with E-state index in [1.807, 2.05) is 55.5 Å². The van der Waals surface area contributed by atoms with Gasteiger partial charge >= 0.3 is 0 Å². The van der Waals surface area contributed by atoms with Crippen molar-refractivity contribution in [3.05, 3.63) is 65.5 Å². The lowest BCUT2D eigenvalue weighted by atomic mass is 9.67. The highest BCUT2D eigenvalue weighted by atomic mass is 16.2. The molecule has 1 N–H and O–H groups in total. The Morgan fingerprint density at radius 2 is 1.70 bits per heavy atom. The third kappa shape index (κ3) is 2.07. The van der Waals surface area contributed by atoms with Crippen molar-refractivity contribution >= 4 is 22.6 Å². The fraction of sp³-hybridized carbons (Fsp3) is 0.348. The minimum absolute atomic E-state index is 0.0437. The second-order valence-corrected chi connectivity index (χ2v) is 8.48. The van der Waals surface area contributed by atoms with Crippen LogP contribution in [0.25, 0.3) is 11.0 Å². The van der Waals surface area contributed by atoms with Crippen molar-refractivity contribution in [1.82, 2.24) is 9.97 Å². The van der Waals surface area contributed by atoms with Gasteiger partial charge in [0.05, 0.1) is 27.8 Å². The number of carbonyl (C=O) groups is 1. The van der Waals surface area contributed by atoms with Crippen LogP contribution in [0, 0.1) is 12.3 Å². The Morgan fingerprint density at radius 3 is 2.41 bits per heavy atom. The number of fused-ring (bicyclic) bond motifs is 6. The summed E-state index contributed by atoms with van der Waals surface area (Å²) < 4.78 is 0. The van der Waals surface area contributed by atoms with Crippen LogP contribution in [0.4, 0.5) is 5.69 Å². The maximum absolute atomic E-state index is 13.6. The van der Waals surface area contributed by atoms with Gasteiger partial charge in [0.15, 0.2) is 0 Å².